The van der Waals surface area contributed by atoms with Crippen LogP contribution in [0.1, 0.15) is 59.4 Å². The second-order valence-electron chi connectivity index (χ2n) is 9.15. The first-order chi connectivity index (χ1) is 12.4. The average molecular weight is 458 g/mol. The molecule has 27 heavy (non-hydrogen) atoms. The van der Waals surface area contributed by atoms with Gasteiger partial charge in [0.2, 0.25) is 0 Å². The molecule has 0 N–H and O–H groups in total. The van der Waals surface area contributed by atoms with Crippen molar-refractivity contribution in [3.05, 3.63) is 34.3 Å². The van der Waals surface area contributed by atoms with Crippen LogP contribution >= 0.6 is 15.9 Å². The maximum Gasteiger partial charge on any atom is 0.312 e. The predicted molar refractivity (Wildman–Crippen MR) is 120 cm³/mol. The summed E-state index contributed by atoms with van der Waals surface area (Å²) in [7, 11) is -1.70. The highest BCUT2D eigenvalue weighted by molar-refractivity contribution is 9.10. The quantitative estimate of drug-likeness (QED) is 0.221. The lowest BCUT2D eigenvalue weighted by molar-refractivity contribution is -0.155. The van der Waals surface area contributed by atoms with Gasteiger partial charge in [0.1, 0.15) is 0 Å². The monoisotopic (exact) mass is 456 g/mol. The van der Waals surface area contributed by atoms with Gasteiger partial charge in [0.05, 0.1) is 12.0 Å². The van der Waals surface area contributed by atoms with E-state index in [1.165, 1.54) is 0 Å². The zero-order valence-corrected chi connectivity index (χ0v) is 20.7. The van der Waals surface area contributed by atoms with E-state index in [1.807, 2.05) is 26.0 Å². The lowest BCUT2D eigenvalue weighted by Gasteiger charge is -2.36. The van der Waals surface area contributed by atoms with Crippen molar-refractivity contribution in [3.8, 4) is 0 Å². The van der Waals surface area contributed by atoms with Crippen molar-refractivity contribution in [2.24, 2.45) is 5.41 Å². The second-order valence-corrected chi connectivity index (χ2v) is 14.9. The van der Waals surface area contributed by atoms with Gasteiger partial charge in [-0.2, -0.15) is 0 Å². The number of hydrogen-bond donors (Lipinski definition) is 0. The lowest BCUT2D eigenvalue weighted by atomic mass is 9.79. The van der Waals surface area contributed by atoms with Gasteiger partial charge in [0.15, 0.2) is 8.32 Å². The summed E-state index contributed by atoms with van der Waals surface area (Å²) in [6.07, 6.45) is 3.42. The zero-order chi connectivity index (χ0) is 20.7. The summed E-state index contributed by atoms with van der Waals surface area (Å²) in [5.74, 6) is -0.102. The molecular formula is C22H37BrO3Si. The number of benzene rings is 1. The Labute approximate surface area is 175 Å². The third kappa shape index (κ3) is 7.70. The van der Waals surface area contributed by atoms with E-state index in [2.05, 4.69) is 61.9 Å². The van der Waals surface area contributed by atoms with E-state index in [0.717, 1.165) is 35.9 Å². The van der Waals surface area contributed by atoms with Gasteiger partial charge in [-0.15, -0.1) is 0 Å². The van der Waals surface area contributed by atoms with Crippen molar-refractivity contribution >= 4 is 30.2 Å². The normalized spacial score (nSPS) is 14.7. The molecule has 1 aromatic rings. The molecule has 0 aliphatic rings. The van der Waals surface area contributed by atoms with Crippen LogP contribution in [0.5, 0.6) is 0 Å². The standard InChI is InChI=1S/C22H37BrO3Si/c1-8-25-20(24)22(5,17-18-12-11-13-19(23)16-18)14-9-10-15-26-27(6,7)21(2,3)4/h11-13,16H,8-10,14-15,17H2,1-7H3. The van der Waals surface area contributed by atoms with Crippen LogP contribution in [0.25, 0.3) is 0 Å². The minimum Gasteiger partial charge on any atom is -0.466 e. The third-order valence-electron chi connectivity index (χ3n) is 5.64. The van der Waals surface area contributed by atoms with E-state index in [9.17, 15) is 4.79 Å². The van der Waals surface area contributed by atoms with Crippen molar-refractivity contribution in [1.82, 2.24) is 0 Å². The van der Waals surface area contributed by atoms with E-state index in [0.29, 0.717) is 13.0 Å². The van der Waals surface area contributed by atoms with Gasteiger partial charge in [-0.05, 0) is 68.9 Å². The smallest absolute Gasteiger partial charge is 0.312 e. The number of esters is 1. The molecule has 0 aliphatic carbocycles. The topological polar surface area (TPSA) is 35.5 Å². The van der Waals surface area contributed by atoms with Gasteiger partial charge < -0.3 is 9.16 Å². The summed E-state index contributed by atoms with van der Waals surface area (Å²) < 4.78 is 12.7. The molecule has 1 atom stereocenters. The molecule has 0 radical (unpaired) electrons. The van der Waals surface area contributed by atoms with Crippen molar-refractivity contribution in [2.75, 3.05) is 13.2 Å². The first-order valence-electron chi connectivity index (χ1n) is 9.97. The molecule has 0 fully saturated rings. The summed E-state index contributed by atoms with van der Waals surface area (Å²) in [5, 5.41) is 0.229. The fourth-order valence-corrected chi connectivity index (χ4v) is 4.36. The van der Waals surface area contributed by atoms with Crippen LogP contribution in [-0.2, 0) is 20.4 Å². The predicted octanol–water partition coefficient (Wildman–Crippen LogP) is 6.75. The molecule has 1 unspecified atom stereocenters. The molecule has 154 valence electrons. The molecular weight excluding hydrogens is 420 g/mol. The number of halogens is 1. The Bertz CT molecular complexity index is 610. The van der Waals surface area contributed by atoms with E-state index < -0.39 is 13.7 Å². The number of rotatable bonds is 10. The van der Waals surface area contributed by atoms with E-state index >= 15 is 0 Å². The molecule has 0 saturated carbocycles. The zero-order valence-electron chi connectivity index (χ0n) is 18.2. The molecule has 0 bridgehead atoms. The fourth-order valence-electron chi connectivity index (χ4n) is 2.83. The summed E-state index contributed by atoms with van der Waals surface area (Å²) in [6.45, 7) is 16.4. The van der Waals surface area contributed by atoms with Gasteiger partial charge in [-0.3, -0.25) is 4.79 Å². The van der Waals surface area contributed by atoms with Crippen LogP contribution in [0.4, 0.5) is 0 Å². The van der Waals surface area contributed by atoms with Crippen molar-refractivity contribution in [1.29, 1.82) is 0 Å². The van der Waals surface area contributed by atoms with Crippen LogP contribution < -0.4 is 0 Å². The number of carbonyl (C=O) groups excluding carboxylic acids is 1. The molecule has 0 aromatic heterocycles. The Morgan fingerprint density at radius 2 is 1.81 bits per heavy atom. The fraction of sp³-hybridized carbons (Fsp3) is 0.682. The molecule has 1 rings (SSSR count). The summed E-state index contributed by atoms with van der Waals surface area (Å²) >= 11 is 3.52. The Hall–Kier alpha value is -0.653. The Morgan fingerprint density at radius 3 is 2.37 bits per heavy atom. The van der Waals surface area contributed by atoms with Gasteiger partial charge >= 0.3 is 5.97 Å². The maximum atomic E-state index is 12.7. The van der Waals surface area contributed by atoms with Crippen molar-refractivity contribution < 1.29 is 14.0 Å². The summed E-state index contributed by atoms with van der Waals surface area (Å²) in [4.78, 5) is 12.7. The summed E-state index contributed by atoms with van der Waals surface area (Å²) in [5.41, 5.74) is 0.644. The van der Waals surface area contributed by atoms with Crippen LogP contribution in [0, 0.1) is 5.41 Å². The van der Waals surface area contributed by atoms with Crippen molar-refractivity contribution in [3.63, 3.8) is 0 Å². The first kappa shape index (κ1) is 24.4. The molecule has 0 saturated heterocycles. The molecule has 0 heterocycles. The van der Waals surface area contributed by atoms with Gasteiger partial charge in [0.25, 0.3) is 0 Å². The number of hydrogen-bond acceptors (Lipinski definition) is 3. The van der Waals surface area contributed by atoms with Crippen LogP contribution in [0.2, 0.25) is 18.1 Å². The van der Waals surface area contributed by atoms with Crippen LogP contribution in [-0.4, -0.2) is 27.5 Å². The third-order valence-corrected chi connectivity index (χ3v) is 10.7. The maximum absolute atomic E-state index is 12.7. The van der Waals surface area contributed by atoms with E-state index in [-0.39, 0.29) is 11.0 Å². The molecule has 1 aromatic carbocycles. The highest BCUT2D eigenvalue weighted by Crippen LogP contribution is 2.37. The number of ether oxygens (including phenoxy) is 1. The molecule has 0 amide bonds. The molecule has 0 aliphatic heterocycles. The Balaban J connectivity index is 2.66. The highest BCUT2D eigenvalue weighted by atomic mass is 79.9. The van der Waals surface area contributed by atoms with Crippen LogP contribution in [0.15, 0.2) is 28.7 Å². The second kappa shape index (κ2) is 10.2. The highest BCUT2D eigenvalue weighted by Gasteiger charge is 2.37. The largest absolute Gasteiger partial charge is 0.466 e. The number of carbonyl (C=O) groups is 1. The van der Waals surface area contributed by atoms with Gasteiger partial charge in [0, 0.05) is 11.1 Å². The Kier molecular flexibility index (Phi) is 9.23. The summed E-state index contributed by atoms with van der Waals surface area (Å²) in [6, 6.07) is 8.17. The number of unbranched alkanes of at least 4 members (excludes halogenated alkanes) is 1. The minimum absolute atomic E-state index is 0.102. The average Bonchev–Trinajstić information content (AvgIpc) is 2.53. The van der Waals surface area contributed by atoms with Crippen LogP contribution in [0.3, 0.4) is 0 Å². The van der Waals surface area contributed by atoms with E-state index in [4.69, 9.17) is 9.16 Å². The van der Waals surface area contributed by atoms with Gasteiger partial charge in [-0.25, -0.2) is 0 Å². The van der Waals surface area contributed by atoms with Crippen molar-refractivity contribution in [2.45, 2.75) is 78.4 Å². The SMILES string of the molecule is CCOC(=O)C(C)(CCCCO[Si](C)(C)C(C)(C)C)Cc1cccc(Br)c1. The van der Waals surface area contributed by atoms with Gasteiger partial charge in [-0.1, -0.05) is 55.3 Å². The molecule has 3 nitrogen and oxygen atoms in total. The molecule has 5 heteroatoms. The Morgan fingerprint density at radius 1 is 1.15 bits per heavy atom. The lowest BCUT2D eigenvalue weighted by Crippen LogP contribution is -2.41. The molecule has 0 spiro atoms. The first-order valence-corrected chi connectivity index (χ1v) is 13.7. The van der Waals surface area contributed by atoms with E-state index in [1.54, 1.807) is 0 Å². The minimum atomic E-state index is -1.70.